The van der Waals surface area contributed by atoms with E-state index in [-0.39, 0.29) is 17.1 Å². The molecule has 67 valence electrons. The second-order valence-corrected chi connectivity index (χ2v) is 2.43. The van der Waals surface area contributed by atoms with Crippen LogP contribution in [0.2, 0.25) is 0 Å². The van der Waals surface area contributed by atoms with Gasteiger partial charge in [0.1, 0.15) is 0 Å². The maximum atomic E-state index is 4.19. The van der Waals surface area contributed by atoms with E-state index < -0.39 is 0 Å². The molecule has 2 aromatic heterocycles. The van der Waals surface area contributed by atoms with E-state index in [4.69, 9.17) is 0 Å². The van der Waals surface area contributed by atoms with Crippen LogP contribution in [0.15, 0.2) is 48.8 Å². The van der Waals surface area contributed by atoms with E-state index in [1.54, 1.807) is 12.4 Å². The van der Waals surface area contributed by atoms with Gasteiger partial charge < -0.3 is 0 Å². The van der Waals surface area contributed by atoms with Crippen LogP contribution in [0.3, 0.4) is 0 Å². The Balaban J connectivity index is 0.000000845. The molecule has 0 aliphatic heterocycles. The SMILES string of the molecule is [Cu+2].c1ccc(-c2ccccn2)nc1. The first kappa shape index (κ1) is 9.90. The van der Waals surface area contributed by atoms with Crippen LogP contribution < -0.4 is 0 Å². The van der Waals surface area contributed by atoms with Crippen LogP contribution >= 0.6 is 0 Å². The van der Waals surface area contributed by atoms with Gasteiger partial charge in [-0.15, -0.1) is 0 Å². The zero-order valence-corrected chi connectivity index (χ0v) is 7.76. The van der Waals surface area contributed by atoms with Gasteiger partial charge in [-0.3, -0.25) is 9.97 Å². The van der Waals surface area contributed by atoms with Crippen molar-refractivity contribution in [3.8, 4) is 11.4 Å². The number of pyridine rings is 2. The summed E-state index contributed by atoms with van der Waals surface area (Å²) in [5.41, 5.74) is 1.83. The molecule has 0 bridgehead atoms. The number of nitrogens with zero attached hydrogens (tertiary/aromatic N) is 2. The minimum absolute atomic E-state index is 0. The van der Waals surface area contributed by atoms with E-state index >= 15 is 0 Å². The van der Waals surface area contributed by atoms with Crippen molar-refractivity contribution >= 4 is 0 Å². The zero-order chi connectivity index (χ0) is 8.23. The fourth-order valence-electron chi connectivity index (χ4n) is 1.03. The minimum atomic E-state index is 0. The summed E-state index contributed by atoms with van der Waals surface area (Å²) in [5, 5.41) is 0. The first-order valence-corrected chi connectivity index (χ1v) is 3.79. The van der Waals surface area contributed by atoms with Gasteiger partial charge in [-0.1, -0.05) is 12.1 Å². The van der Waals surface area contributed by atoms with Gasteiger partial charge >= 0.3 is 17.1 Å². The zero-order valence-electron chi connectivity index (χ0n) is 6.81. The van der Waals surface area contributed by atoms with Crippen molar-refractivity contribution < 1.29 is 17.1 Å². The molecule has 0 N–H and O–H groups in total. The summed E-state index contributed by atoms with van der Waals surface area (Å²) in [6.07, 6.45) is 3.54. The molecular weight excluding hydrogens is 212 g/mol. The van der Waals surface area contributed by atoms with Crippen molar-refractivity contribution in [2.24, 2.45) is 0 Å². The molecule has 13 heavy (non-hydrogen) atoms. The van der Waals surface area contributed by atoms with Crippen LogP contribution in [0.4, 0.5) is 0 Å². The molecule has 0 saturated heterocycles. The van der Waals surface area contributed by atoms with Gasteiger partial charge in [0, 0.05) is 12.4 Å². The topological polar surface area (TPSA) is 25.8 Å². The van der Waals surface area contributed by atoms with Gasteiger partial charge in [-0.2, -0.15) is 0 Å². The summed E-state index contributed by atoms with van der Waals surface area (Å²) in [6, 6.07) is 11.6. The predicted molar refractivity (Wildman–Crippen MR) is 47.5 cm³/mol. The van der Waals surface area contributed by atoms with Crippen molar-refractivity contribution in [1.29, 1.82) is 0 Å². The summed E-state index contributed by atoms with van der Waals surface area (Å²) in [5.74, 6) is 0. The maximum Gasteiger partial charge on any atom is 2.00 e. The number of hydrogen-bond acceptors (Lipinski definition) is 2. The van der Waals surface area contributed by atoms with Crippen LogP contribution in [0.25, 0.3) is 11.4 Å². The molecule has 2 aromatic rings. The molecule has 2 heterocycles. The molecule has 2 nitrogen and oxygen atoms in total. The Bertz CT molecular complexity index is 310. The Morgan fingerprint density at radius 2 is 1.15 bits per heavy atom. The van der Waals surface area contributed by atoms with Gasteiger partial charge in [-0.25, -0.2) is 0 Å². The third kappa shape index (κ3) is 2.38. The van der Waals surface area contributed by atoms with E-state index in [9.17, 15) is 0 Å². The maximum absolute atomic E-state index is 4.19. The summed E-state index contributed by atoms with van der Waals surface area (Å²) in [7, 11) is 0. The third-order valence-corrected chi connectivity index (χ3v) is 1.59. The summed E-state index contributed by atoms with van der Waals surface area (Å²) < 4.78 is 0. The Kier molecular flexibility index (Phi) is 3.62. The molecule has 0 unspecified atom stereocenters. The van der Waals surface area contributed by atoms with Crippen molar-refractivity contribution in [1.82, 2.24) is 9.97 Å². The molecule has 0 saturated carbocycles. The third-order valence-electron chi connectivity index (χ3n) is 1.59. The van der Waals surface area contributed by atoms with E-state index in [0.717, 1.165) is 11.4 Å². The predicted octanol–water partition coefficient (Wildman–Crippen LogP) is 2.14. The second kappa shape index (κ2) is 4.75. The van der Waals surface area contributed by atoms with E-state index in [2.05, 4.69) is 9.97 Å². The first-order chi connectivity index (χ1) is 5.97. The summed E-state index contributed by atoms with van der Waals surface area (Å²) in [6.45, 7) is 0. The monoisotopic (exact) mass is 219 g/mol. The average molecular weight is 220 g/mol. The Hall–Kier alpha value is -1.18. The standard InChI is InChI=1S/C10H8N2.Cu/c1-3-7-11-9(5-1)10-6-2-4-8-12-10;/h1-8H;/q;+2. The van der Waals surface area contributed by atoms with E-state index in [0.29, 0.717) is 0 Å². The van der Waals surface area contributed by atoms with E-state index in [1.165, 1.54) is 0 Å². The smallest absolute Gasteiger partial charge is 0.255 e. The Labute approximate surface area is 87.5 Å². The molecular formula is C10H8CuN2+2. The van der Waals surface area contributed by atoms with Gasteiger partial charge in [0.15, 0.2) is 0 Å². The van der Waals surface area contributed by atoms with Gasteiger partial charge in [0.05, 0.1) is 11.4 Å². The molecule has 0 spiro atoms. The fourth-order valence-corrected chi connectivity index (χ4v) is 1.03. The largest absolute Gasteiger partial charge is 2.00 e. The molecule has 0 aliphatic carbocycles. The molecule has 0 aromatic carbocycles. The van der Waals surface area contributed by atoms with Crippen molar-refractivity contribution in [3.63, 3.8) is 0 Å². The molecule has 0 amide bonds. The van der Waals surface area contributed by atoms with Gasteiger partial charge in [0.25, 0.3) is 0 Å². The van der Waals surface area contributed by atoms with Gasteiger partial charge in [0.2, 0.25) is 0 Å². The second-order valence-electron chi connectivity index (χ2n) is 2.43. The number of hydrogen-bond donors (Lipinski definition) is 0. The van der Waals surface area contributed by atoms with Crippen molar-refractivity contribution in [2.45, 2.75) is 0 Å². The molecule has 0 aliphatic rings. The molecule has 0 atom stereocenters. The van der Waals surface area contributed by atoms with E-state index in [1.807, 2.05) is 36.4 Å². The van der Waals surface area contributed by atoms with Crippen LogP contribution in [-0.4, -0.2) is 9.97 Å². The number of aromatic nitrogens is 2. The van der Waals surface area contributed by atoms with Crippen LogP contribution in [-0.2, 0) is 17.1 Å². The molecule has 2 rings (SSSR count). The quantitative estimate of drug-likeness (QED) is 0.687. The van der Waals surface area contributed by atoms with Crippen molar-refractivity contribution in [2.75, 3.05) is 0 Å². The normalized spacial score (nSPS) is 8.92. The number of rotatable bonds is 1. The summed E-state index contributed by atoms with van der Waals surface area (Å²) in [4.78, 5) is 8.37. The van der Waals surface area contributed by atoms with Crippen LogP contribution in [0, 0.1) is 0 Å². The van der Waals surface area contributed by atoms with Crippen molar-refractivity contribution in [3.05, 3.63) is 48.8 Å². The fraction of sp³-hybridized carbons (Fsp3) is 0. The van der Waals surface area contributed by atoms with Crippen LogP contribution in [0.5, 0.6) is 0 Å². The molecule has 3 heteroatoms. The Morgan fingerprint density at radius 1 is 0.692 bits per heavy atom. The first-order valence-electron chi connectivity index (χ1n) is 3.79. The minimum Gasteiger partial charge on any atom is -0.255 e. The molecule has 1 radical (unpaired) electrons. The van der Waals surface area contributed by atoms with Gasteiger partial charge in [-0.05, 0) is 24.3 Å². The van der Waals surface area contributed by atoms with Crippen LogP contribution in [0.1, 0.15) is 0 Å². The average Bonchev–Trinajstić information content (AvgIpc) is 2.21. The Morgan fingerprint density at radius 3 is 1.46 bits per heavy atom. The summed E-state index contributed by atoms with van der Waals surface area (Å²) >= 11 is 0. The molecule has 0 fully saturated rings.